The van der Waals surface area contributed by atoms with Crippen molar-refractivity contribution in [2.24, 2.45) is 11.7 Å². The summed E-state index contributed by atoms with van der Waals surface area (Å²) in [6.45, 7) is 6.59. The van der Waals surface area contributed by atoms with Crippen LogP contribution in [0.25, 0.3) is 0 Å². The molecule has 0 bridgehead atoms. The monoisotopic (exact) mass is 405 g/mol. The van der Waals surface area contributed by atoms with E-state index in [0.717, 1.165) is 43.8 Å². The summed E-state index contributed by atoms with van der Waals surface area (Å²) in [6.07, 6.45) is 2.00. The van der Waals surface area contributed by atoms with Gasteiger partial charge in [-0.25, -0.2) is 8.78 Å². The molecule has 1 aromatic carbocycles. The largest absolute Gasteiger partial charge is 0.370 e. The number of carbonyl (C=O) groups excluding carboxylic acids is 1. The normalized spacial score (nSPS) is 28.2. The highest BCUT2D eigenvalue weighted by Crippen LogP contribution is 2.36. The Bertz CT molecular complexity index is 826. The van der Waals surface area contributed by atoms with Crippen molar-refractivity contribution < 1.29 is 18.3 Å². The maximum atomic E-state index is 14.2. The van der Waals surface area contributed by atoms with Crippen LogP contribution in [-0.2, 0) is 9.53 Å². The molecule has 3 heterocycles. The van der Waals surface area contributed by atoms with E-state index in [1.165, 1.54) is 11.6 Å². The van der Waals surface area contributed by atoms with Gasteiger partial charge in [-0.05, 0) is 43.0 Å². The second kappa shape index (κ2) is 8.13. The average Bonchev–Trinajstić information content (AvgIpc) is 3.13. The second-order valence-corrected chi connectivity index (χ2v) is 8.68. The number of hydrogen-bond acceptors (Lipinski definition) is 4. The Morgan fingerprint density at radius 1 is 1.28 bits per heavy atom. The molecule has 0 aliphatic carbocycles. The zero-order chi connectivity index (χ0) is 20.7. The predicted molar refractivity (Wildman–Crippen MR) is 106 cm³/mol. The van der Waals surface area contributed by atoms with E-state index >= 15 is 0 Å². The van der Waals surface area contributed by atoms with E-state index in [0.29, 0.717) is 19.6 Å². The molecule has 5 nitrogen and oxygen atoms in total. The van der Waals surface area contributed by atoms with E-state index in [2.05, 4.69) is 4.90 Å². The number of ether oxygens (including phenoxy) is 1. The summed E-state index contributed by atoms with van der Waals surface area (Å²) in [6, 6.07) is 3.06. The van der Waals surface area contributed by atoms with E-state index in [4.69, 9.17) is 10.5 Å². The molecule has 1 fully saturated rings. The van der Waals surface area contributed by atoms with E-state index in [-0.39, 0.29) is 23.4 Å². The van der Waals surface area contributed by atoms with Gasteiger partial charge < -0.3 is 15.4 Å². The molecule has 0 radical (unpaired) electrons. The van der Waals surface area contributed by atoms with Crippen molar-refractivity contribution in [3.8, 4) is 0 Å². The van der Waals surface area contributed by atoms with Crippen molar-refractivity contribution in [3.05, 3.63) is 46.7 Å². The minimum Gasteiger partial charge on any atom is -0.370 e. The molecule has 2 N–H and O–H groups in total. The Hall–Kier alpha value is -1.83. The second-order valence-electron chi connectivity index (χ2n) is 8.68. The van der Waals surface area contributed by atoms with Gasteiger partial charge in [-0.3, -0.25) is 9.69 Å². The maximum Gasteiger partial charge on any atom is 0.229 e. The third kappa shape index (κ3) is 3.96. The lowest BCUT2D eigenvalue weighted by molar-refractivity contribution is -0.133. The molecule has 0 aromatic heterocycles. The fourth-order valence-electron chi connectivity index (χ4n) is 4.75. The summed E-state index contributed by atoms with van der Waals surface area (Å²) in [4.78, 5) is 16.9. The topological polar surface area (TPSA) is 58.8 Å². The van der Waals surface area contributed by atoms with Gasteiger partial charge in [-0.1, -0.05) is 13.8 Å². The molecule has 0 spiro atoms. The molecule has 3 aliphatic heterocycles. The fraction of sp³-hybridized carbons (Fsp3) is 0.591. The Labute approximate surface area is 170 Å². The quantitative estimate of drug-likeness (QED) is 0.840. The van der Waals surface area contributed by atoms with E-state index in [9.17, 15) is 13.6 Å². The van der Waals surface area contributed by atoms with Gasteiger partial charge >= 0.3 is 0 Å². The zero-order valence-electron chi connectivity index (χ0n) is 17.0. The first-order valence-electron chi connectivity index (χ1n) is 10.4. The van der Waals surface area contributed by atoms with Gasteiger partial charge in [0.25, 0.3) is 0 Å². The van der Waals surface area contributed by atoms with Gasteiger partial charge in [0.05, 0.1) is 6.61 Å². The van der Waals surface area contributed by atoms with Crippen LogP contribution in [0.2, 0.25) is 0 Å². The molecule has 29 heavy (non-hydrogen) atoms. The fourth-order valence-corrected chi connectivity index (χ4v) is 4.75. The highest BCUT2D eigenvalue weighted by atomic mass is 19.1. The van der Waals surface area contributed by atoms with Crippen molar-refractivity contribution in [2.75, 3.05) is 26.2 Å². The number of halogens is 2. The maximum absolute atomic E-state index is 14.2. The zero-order valence-corrected chi connectivity index (χ0v) is 17.0. The van der Waals surface area contributed by atoms with Gasteiger partial charge in [-0.15, -0.1) is 0 Å². The molecule has 3 atom stereocenters. The van der Waals surface area contributed by atoms with Crippen molar-refractivity contribution in [1.82, 2.24) is 9.80 Å². The van der Waals surface area contributed by atoms with Gasteiger partial charge in [-0.2, -0.15) is 0 Å². The molecule has 158 valence electrons. The number of rotatable bonds is 3. The Morgan fingerprint density at radius 2 is 2.07 bits per heavy atom. The number of benzene rings is 1. The summed E-state index contributed by atoms with van der Waals surface area (Å²) in [5.74, 6) is -0.835. The summed E-state index contributed by atoms with van der Waals surface area (Å²) >= 11 is 0. The van der Waals surface area contributed by atoms with Gasteiger partial charge in [0, 0.05) is 48.9 Å². The Balaban J connectivity index is 1.43. The van der Waals surface area contributed by atoms with Crippen LogP contribution in [0.3, 0.4) is 0 Å². The molecule has 1 saturated heterocycles. The Kier molecular flexibility index (Phi) is 5.73. The van der Waals surface area contributed by atoms with Crippen LogP contribution in [-0.4, -0.2) is 54.0 Å². The molecular formula is C22H29F2N3O2. The third-order valence-electron chi connectivity index (χ3n) is 6.28. The molecular weight excluding hydrogens is 376 g/mol. The van der Waals surface area contributed by atoms with Crippen LogP contribution in [0.5, 0.6) is 0 Å². The van der Waals surface area contributed by atoms with E-state index < -0.39 is 23.8 Å². The van der Waals surface area contributed by atoms with Crippen molar-refractivity contribution in [3.63, 3.8) is 0 Å². The highest BCUT2D eigenvalue weighted by molar-refractivity contribution is 5.80. The van der Waals surface area contributed by atoms with E-state index in [1.807, 2.05) is 18.7 Å². The third-order valence-corrected chi connectivity index (χ3v) is 6.28. The molecule has 0 saturated carbocycles. The van der Waals surface area contributed by atoms with Crippen LogP contribution in [0.1, 0.15) is 44.8 Å². The van der Waals surface area contributed by atoms with E-state index in [1.54, 1.807) is 0 Å². The first-order valence-corrected chi connectivity index (χ1v) is 10.4. The average molecular weight is 405 g/mol. The molecule has 3 aliphatic rings. The highest BCUT2D eigenvalue weighted by Gasteiger charge is 2.39. The molecule has 4 rings (SSSR count). The smallest absolute Gasteiger partial charge is 0.229 e. The first kappa shape index (κ1) is 20.4. The van der Waals surface area contributed by atoms with Crippen molar-refractivity contribution in [2.45, 2.75) is 51.3 Å². The summed E-state index contributed by atoms with van der Waals surface area (Å²) in [5, 5.41) is 0. The molecule has 7 heteroatoms. The standard InChI is InChI=1S/C22H29F2N3O2/c1-13(2)22(28)27-7-3-4-14-10-26(11-20(14)27)16-9-19(25)21(29-12-16)17-8-15(23)5-6-18(17)24/h5-6,8,13,16,19,21H,3-4,7,9-12,25H2,1-2H3/t16-,19+,21-/m1/s1. The predicted octanol–water partition coefficient (Wildman–Crippen LogP) is 2.97. The van der Waals surface area contributed by atoms with Crippen molar-refractivity contribution in [1.29, 1.82) is 0 Å². The van der Waals surface area contributed by atoms with Crippen LogP contribution < -0.4 is 5.73 Å². The van der Waals surface area contributed by atoms with Crippen LogP contribution in [0, 0.1) is 17.6 Å². The summed E-state index contributed by atoms with van der Waals surface area (Å²) in [5.41, 5.74) is 8.99. The lowest BCUT2D eigenvalue weighted by Gasteiger charge is -2.39. The van der Waals surface area contributed by atoms with Crippen LogP contribution in [0.15, 0.2) is 29.5 Å². The number of nitrogens with two attached hydrogens (primary N) is 1. The summed E-state index contributed by atoms with van der Waals surface area (Å²) < 4.78 is 33.7. The first-order chi connectivity index (χ1) is 13.8. The van der Waals surface area contributed by atoms with Crippen LogP contribution in [0.4, 0.5) is 8.78 Å². The van der Waals surface area contributed by atoms with Gasteiger partial charge in [0.1, 0.15) is 17.7 Å². The minimum atomic E-state index is -0.647. The number of nitrogens with zero attached hydrogens (tertiary/aromatic N) is 2. The lowest BCUT2D eigenvalue weighted by Crippen LogP contribution is -2.49. The van der Waals surface area contributed by atoms with Crippen LogP contribution >= 0.6 is 0 Å². The van der Waals surface area contributed by atoms with Gasteiger partial charge in [0.15, 0.2) is 0 Å². The number of carbonyl (C=O) groups is 1. The number of amides is 1. The lowest BCUT2D eigenvalue weighted by atomic mass is 9.93. The Morgan fingerprint density at radius 3 is 2.79 bits per heavy atom. The number of hydrogen-bond donors (Lipinski definition) is 1. The molecule has 1 amide bonds. The minimum absolute atomic E-state index is 0.0238. The SMILES string of the molecule is CC(C)C(=O)N1CCCC2=C1CN([C@H]1CO[C@H](c3cc(F)ccc3F)[C@@H](N)C1)C2. The summed E-state index contributed by atoms with van der Waals surface area (Å²) in [7, 11) is 0. The molecule has 0 unspecified atom stereocenters. The molecule has 1 aromatic rings. The van der Waals surface area contributed by atoms with Gasteiger partial charge in [0.2, 0.25) is 5.91 Å². The van der Waals surface area contributed by atoms with Crippen molar-refractivity contribution >= 4 is 5.91 Å².